The van der Waals surface area contributed by atoms with E-state index in [1.807, 2.05) is 27.7 Å². The number of nitro groups is 2. The standard InChI is InChI=1S/C14H18N2O4/c1-13(2)5-6-14(3,4)12-10(13)7-9(15(17)18)8-11(12)16(19)20/h7-8H,5-6H2,1-4H3. The van der Waals surface area contributed by atoms with Gasteiger partial charge < -0.3 is 0 Å². The molecule has 1 aromatic rings. The Bertz CT molecular complexity index is 605. The zero-order valence-corrected chi connectivity index (χ0v) is 12.1. The maximum absolute atomic E-state index is 11.3. The van der Waals surface area contributed by atoms with Crippen molar-refractivity contribution < 1.29 is 9.85 Å². The zero-order chi connectivity index (χ0) is 15.3. The van der Waals surface area contributed by atoms with Gasteiger partial charge in [-0.1, -0.05) is 27.7 Å². The number of benzene rings is 1. The molecular formula is C14H18N2O4. The number of non-ortho nitro benzene ring substituents is 1. The van der Waals surface area contributed by atoms with Gasteiger partial charge in [0.2, 0.25) is 0 Å². The second-order valence-corrected chi connectivity index (χ2v) is 6.67. The van der Waals surface area contributed by atoms with E-state index in [2.05, 4.69) is 0 Å². The van der Waals surface area contributed by atoms with Gasteiger partial charge in [0, 0.05) is 11.6 Å². The zero-order valence-electron chi connectivity index (χ0n) is 12.1. The first-order valence-electron chi connectivity index (χ1n) is 6.54. The van der Waals surface area contributed by atoms with E-state index >= 15 is 0 Å². The van der Waals surface area contributed by atoms with E-state index in [1.165, 1.54) is 6.07 Å². The summed E-state index contributed by atoms with van der Waals surface area (Å²) in [6, 6.07) is 2.59. The number of hydrogen-bond acceptors (Lipinski definition) is 4. The third-order valence-corrected chi connectivity index (χ3v) is 4.29. The monoisotopic (exact) mass is 278 g/mol. The highest BCUT2D eigenvalue weighted by Crippen LogP contribution is 2.50. The van der Waals surface area contributed by atoms with Crippen LogP contribution in [0.4, 0.5) is 11.4 Å². The summed E-state index contributed by atoms with van der Waals surface area (Å²) >= 11 is 0. The topological polar surface area (TPSA) is 86.3 Å². The van der Waals surface area contributed by atoms with Gasteiger partial charge in [-0.2, -0.15) is 0 Å². The molecule has 0 saturated heterocycles. The van der Waals surface area contributed by atoms with E-state index in [9.17, 15) is 20.2 Å². The molecule has 0 saturated carbocycles. The Hall–Kier alpha value is -1.98. The minimum Gasteiger partial charge on any atom is -0.258 e. The first-order valence-corrected chi connectivity index (χ1v) is 6.54. The lowest BCUT2D eigenvalue weighted by molar-refractivity contribution is -0.395. The average molecular weight is 278 g/mol. The van der Waals surface area contributed by atoms with Crippen molar-refractivity contribution in [3.8, 4) is 0 Å². The lowest BCUT2D eigenvalue weighted by Gasteiger charge is -2.40. The summed E-state index contributed by atoms with van der Waals surface area (Å²) in [7, 11) is 0. The van der Waals surface area contributed by atoms with Crippen LogP contribution in [-0.4, -0.2) is 9.85 Å². The Kier molecular flexibility index (Phi) is 3.07. The predicted octanol–water partition coefficient (Wildman–Crippen LogP) is 3.85. The van der Waals surface area contributed by atoms with E-state index in [0.717, 1.165) is 24.5 Å². The maximum Gasteiger partial charge on any atom is 0.280 e. The van der Waals surface area contributed by atoms with Crippen molar-refractivity contribution in [3.05, 3.63) is 43.5 Å². The van der Waals surface area contributed by atoms with Crippen molar-refractivity contribution >= 4 is 11.4 Å². The van der Waals surface area contributed by atoms with Crippen molar-refractivity contribution in [1.29, 1.82) is 0 Å². The van der Waals surface area contributed by atoms with Crippen LogP contribution in [0.1, 0.15) is 51.7 Å². The lowest BCUT2D eigenvalue weighted by atomic mass is 9.62. The first-order chi connectivity index (χ1) is 9.06. The highest BCUT2D eigenvalue weighted by Gasteiger charge is 2.43. The Morgan fingerprint density at radius 3 is 2.00 bits per heavy atom. The van der Waals surface area contributed by atoms with Gasteiger partial charge >= 0.3 is 0 Å². The molecule has 0 bridgehead atoms. The van der Waals surface area contributed by atoms with Crippen molar-refractivity contribution in [1.82, 2.24) is 0 Å². The highest BCUT2D eigenvalue weighted by molar-refractivity contribution is 5.59. The van der Waals surface area contributed by atoms with Gasteiger partial charge in [0.25, 0.3) is 11.4 Å². The number of hydrogen-bond donors (Lipinski definition) is 0. The van der Waals surface area contributed by atoms with E-state index < -0.39 is 9.85 Å². The Balaban J connectivity index is 2.86. The third-order valence-electron chi connectivity index (χ3n) is 4.29. The van der Waals surface area contributed by atoms with E-state index in [1.54, 1.807) is 0 Å². The summed E-state index contributed by atoms with van der Waals surface area (Å²) in [5, 5.41) is 22.3. The molecule has 0 spiro atoms. The quantitative estimate of drug-likeness (QED) is 0.607. The van der Waals surface area contributed by atoms with Crippen LogP contribution < -0.4 is 0 Å². The summed E-state index contributed by atoms with van der Waals surface area (Å²) in [6.07, 6.45) is 1.68. The van der Waals surface area contributed by atoms with Crippen LogP contribution >= 0.6 is 0 Å². The third kappa shape index (κ3) is 2.15. The van der Waals surface area contributed by atoms with Crippen LogP contribution in [0.15, 0.2) is 12.1 Å². The Morgan fingerprint density at radius 2 is 1.50 bits per heavy atom. The van der Waals surface area contributed by atoms with Crippen LogP contribution in [0.2, 0.25) is 0 Å². The van der Waals surface area contributed by atoms with Gasteiger partial charge in [-0.05, 0) is 29.2 Å². The molecule has 6 nitrogen and oxygen atoms in total. The van der Waals surface area contributed by atoms with E-state index in [-0.39, 0.29) is 22.2 Å². The smallest absolute Gasteiger partial charge is 0.258 e. The molecule has 1 aliphatic carbocycles. The molecule has 0 unspecified atom stereocenters. The van der Waals surface area contributed by atoms with Crippen molar-refractivity contribution in [3.63, 3.8) is 0 Å². The molecule has 0 N–H and O–H groups in total. The molecule has 1 aliphatic rings. The van der Waals surface area contributed by atoms with Gasteiger partial charge in [-0.15, -0.1) is 0 Å². The van der Waals surface area contributed by atoms with Crippen LogP contribution in [-0.2, 0) is 10.8 Å². The molecule has 6 heteroatoms. The summed E-state index contributed by atoms with van der Waals surface area (Å²) in [5.74, 6) is 0. The predicted molar refractivity (Wildman–Crippen MR) is 75.0 cm³/mol. The average Bonchev–Trinajstić information content (AvgIpc) is 2.33. The Labute approximate surface area is 117 Å². The van der Waals surface area contributed by atoms with Crippen LogP contribution in [0.5, 0.6) is 0 Å². The van der Waals surface area contributed by atoms with Gasteiger partial charge in [-0.25, -0.2) is 0 Å². The fourth-order valence-electron chi connectivity index (χ4n) is 2.99. The second-order valence-electron chi connectivity index (χ2n) is 6.67. The number of rotatable bonds is 2. The second kappa shape index (κ2) is 4.26. The Morgan fingerprint density at radius 1 is 0.950 bits per heavy atom. The van der Waals surface area contributed by atoms with Crippen molar-refractivity contribution in [2.45, 2.75) is 51.4 Å². The molecule has 0 radical (unpaired) electrons. The molecule has 0 aliphatic heterocycles. The SMILES string of the molecule is CC1(C)CCC(C)(C)c2c([N+](=O)[O-])cc([N+](=O)[O-])cc21. The molecule has 0 aromatic heterocycles. The molecular weight excluding hydrogens is 260 g/mol. The minimum absolute atomic E-state index is 0.132. The summed E-state index contributed by atoms with van der Waals surface area (Å²) < 4.78 is 0. The summed E-state index contributed by atoms with van der Waals surface area (Å²) in [5.41, 5.74) is 0.400. The molecule has 1 aromatic carbocycles. The normalized spacial score (nSPS) is 19.2. The molecule has 20 heavy (non-hydrogen) atoms. The van der Waals surface area contributed by atoms with Gasteiger partial charge in [-0.3, -0.25) is 20.2 Å². The van der Waals surface area contributed by atoms with E-state index in [4.69, 9.17) is 0 Å². The fourth-order valence-corrected chi connectivity index (χ4v) is 2.99. The number of nitrogens with zero attached hydrogens (tertiary/aromatic N) is 2. The van der Waals surface area contributed by atoms with Gasteiger partial charge in [0.1, 0.15) is 0 Å². The summed E-state index contributed by atoms with van der Waals surface area (Å²) in [6.45, 7) is 7.88. The van der Waals surface area contributed by atoms with Gasteiger partial charge in [0.05, 0.1) is 15.9 Å². The fraction of sp³-hybridized carbons (Fsp3) is 0.571. The van der Waals surface area contributed by atoms with Crippen LogP contribution in [0.25, 0.3) is 0 Å². The molecule has 0 heterocycles. The molecule has 0 atom stereocenters. The van der Waals surface area contributed by atoms with Crippen LogP contribution in [0, 0.1) is 20.2 Å². The van der Waals surface area contributed by atoms with Crippen LogP contribution in [0.3, 0.4) is 0 Å². The summed E-state index contributed by atoms with van der Waals surface area (Å²) in [4.78, 5) is 21.3. The maximum atomic E-state index is 11.3. The minimum atomic E-state index is -0.565. The molecule has 2 rings (SSSR count). The number of nitro benzene ring substituents is 2. The first kappa shape index (κ1) is 14.4. The molecule has 108 valence electrons. The largest absolute Gasteiger partial charge is 0.280 e. The number of fused-ring (bicyclic) bond motifs is 1. The van der Waals surface area contributed by atoms with E-state index in [0.29, 0.717) is 5.56 Å². The van der Waals surface area contributed by atoms with Gasteiger partial charge in [0.15, 0.2) is 0 Å². The molecule has 0 amide bonds. The lowest BCUT2D eigenvalue weighted by Crippen LogP contribution is -2.34. The molecule has 0 fully saturated rings. The van der Waals surface area contributed by atoms with Crippen molar-refractivity contribution in [2.75, 3.05) is 0 Å². The highest BCUT2D eigenvalue weighted by atomic mass is 16.6. The van der Waals surface area contributed by atoms with Crippen molar-refractivity contribution in [2.24, 2.45) is 0 Å².